The maximum atomic E-state index is 11.9. The minimum absolute atomic E-state index is 0. The Labute approximate surface area is 78.1 Å². The first-order chi connectivity index (χ1) is 4.61. The monoisotopic (exact) mass is 334 g/mol. The second-order valence-corrected chi connectivity index (χ2v) is 2.51. The van der Waals surface area contributed by atoms with Crippen LogP contribution in [0.3, 0.4) is 0 Å². The first-order valence-electron chi connectivity index (χ1n) is 3.34. The molecule has 1 rings (SSSR count). The number of rotatable bonds is 0. The Hall–Kier alpha value is 0.218. The molecule has 11 heavy (non-hydrogen) atoms. The van der Waals surface area contributed by atoms with E-state index in [-0.39, 0.29) is 27.5 Å². The maximum absolute atomic E-state index is 11.9. The van der Waals surface area contributed by atoms with E-state index in [0.29, 0.717) is 6.42 Å². The molecule has 64 valence electrons. The van der Waals surface area contributed by atoms with Crippen molar-refractivity contribution in [2.24, 2.45) is 5.92 Å². The number of halogens is 3. The Morgan fingerprint density at radius 2 is 1.91 bits per heavy atom. The maximum Gasteiger partial charge on any atom is 0.395 e. The molecule has 1 aliphatic carbocycles. The van der Waals surface area contributed by atoms with E-state index in [1.54, 1.807) is 6.08 Å². The molecular weight excluding hydrogens is 325 g/mol. The van der Waals surface area contributed by atoms with Gasteiger partial charge in [-0.3, -0.25) is 0 Å². The van der Waals surface area contributed by atoms with Gasteiger partial charge in [0.05, 0.1) is 5.92 Å². The van der Waals surface area contributed by atoms with E-state index in [9.17, 15) is 13.2 Å². The van der Waals surface area contributed by atoms with Crippen molar-refractivity contribution in [3.8, 4) is 0 Å². The van der Waals surface area contributed by atoms with Crippen molar-refractivity contribution in [3.63, 3.8) is 0 Å². The summed E-state index contributed by atoms with van der Waals surface area (Å²) in [6, 6.07) is 0. The number of alkyl halides is 3. The number of hydrogen-bond acceptors (Lipinski definition) is 0. The van der Waals surface area contributed by atoms with Crippen LogP contribution in [-0.2, 0) is 21.1 Å². The van der Waals surface area contributed by atoms with Crippen molar-refractivity contribution in [1.82, 2.24) is 0 Å². The first-order valence-corrected chi connectivity index (χ1v) is 3.34. The zero-order chi connectivity index (χ0) is 7.61. The zero-order valence-corrected chi connectivity index (χ0v) is 8.83. The van der Waals surface area contributed by atoms with Crippen LogP contribution in [0.2, 0.25) is 0 Å². The van der Waals surface area contributed by atoms with Gasteiger partial charge in [0.25, 0.3) is 0 Å². The molecule has 1 aliphatic rings. The Morgan fingerprint density at radius 3 is 2.18 bits per heavy atom. The Bertz CT molecular complexity index is 139. The quantitative estimate of drug-likeness (QED) is 0.598. The third-order valence-electron chi connectivity index (χ3n) is 1.67. The minimum Gasteiger partial charge on any atom is -0.170 e. The second kappa shape index (κ2) is 4.30. The van der Waals surface area contributed by atoms with Gasteiger partial charge in [-0.25, -0.2) is 0 Å². The van der Waals surface area contributed by atoms with E-state index in [1.807, 2.05) is 0 Å². The molecule has 0 amide bonds. The molecule has 0 aliphatic heterocycles. The summed E-state index contributed by atoms with van der Waals surface area (Å²) in [7, 11) is 0. The second-order valence-electron chi connectivity index (χ2n) is 2.51. The summed E-state index contributed by atoms with van der Waals surface area (Å²) in [5.41, 5.74) is 0. The number of hydrogen-bond donors (Lipinski definition) is 0. The molecule has 0 aromatic carbocycles. The first kappa shape index (κ1) is 11.2. The van der Waals surface area contributed by atoms with E-state index in [1.165, 1.54) is 6.08 Å². The molecule has 0 saturated carbocycles. The Morgan fingerprint density at radius 1 is 1.27 bits per heavy atom. The van der Waals surface area contributed by atoms with E-state index >= 15 is 0 Å². The molecule has 1 unspecified atom stereocenters. The van der Waals surface area contributed by atoms with Crippen LogP contribution in [-0.4, -0.2) is 6.18 Å². The van der Waals surface area contributed by atoms with Crippen LogP contribution in [0, 0.1) is 5.92 Å². The number of allylic oxidation sites excluding steroid dienone is 2. The average Bonchev–Trinajstić information content (AvgIpc) is 1.88. The van der Waals surface area contributed by atoms with E-state index in [0.717, 1.165) is 6.42 Å². The molecule has 0 nitrogen and oxygen atoms in total. The third-order valence-corrected chi connectivity index (χ3v) is 1.67. The van der Waals surface area contributed by atoms with Gasteiger partial charge in [0.1, 0.15) is 0 Å². The third kappa shape index (κ3) is 3.41. The van der Waals surface area contributed by atoms with Crippen molar-refractivity contribution < 1.29 is 34.2 Å². The summed E-state index contributed by atoms with van der Waals surface area (Å²) in [6.07, 6.45) is 0.593. The Kier molecular flexibility index (Phi) is 4.38. The van der Waals surface area contributed by atoms with Crippen LogP contribution in [0.5, 0.6) is 0 Å². The van der Waals surface area contributed by atoms with Crippen LogP contribution in [0.1, 0.15) is 19.3 Å². The van der Waals surface area contributed by atoms with Gasteiger partial charge in [-0.15, -0.1) is 0 Å². The van der Waals surface area contributed by atoms with Crippen molar-refractivity contribution in [2.75, 3.05) is 0 Å². The molecule has 0 saturated heterocycles. The summed E-state index contributed by atoms with van der Waals surface area (Å²) in [5.74, 6) is -1.18. The predicted molar refractivity (Wildman–Crippen MR) is 32.5 cm³/mol. The van der Waals surface area contributed by atoms with Gasteiger partial charge in [-0.2, -0.15) is 13.2 Å². The molecule has 4 heteroatoms. The van der Waals surface area contributed by atoms with E-state index < -0.39 is 12.1 Å². The van der Waals surface area contributed by atoms with Gasteiger partial charge in [-0.05, 0) is 19.3 Å². The Balaban J connectivity index is 0.000001000. The predicted octanol–water partition coefficient (Wildman–Crippen LogP) is 2.90. The van der Waals surface area contributed by atoms with Crippen LogP contribution < -0.4 is 0 Å². The van der Waals surface area contributed by atoms with Gasteiger partial charge in [-0.1, -0.05) is 12.2 Å². The topological polar surface area (TPSA) is 0 Å². The molecule has 0 aromatic heterocycles. The van der Waals surface area contributed by atoms with Gasteiger partial charge in [0, 0.05) is 21.1 Å². The van der Waals surface area contributed by atoms with Crippen molar-refractivity contribution in [3.05, 3.63) is 12.2 Å². The fourth-order valence-electron chi connectivity index (χ4n) is 1.09. The largest absolute Gasteiger partial charge is 0.395 e. The normalized spacial score (nSPS) is 24.5. The smallest absolute Gasteiger partial charge is 0.170 e. The zero-order valence-electron chi connectivity index (χ0n) is 5.90. The molecule has 0 spiro atoms. The molecule has 0 fully saturated rings. The summed E-state index contributed by atoms with van der Waals surface area (Å²) >= 11 is 0. The molecule has 0 bridgehead atoms. The fourth-order valence-corrected chi connectivity index (χ4v) is 1.09. The van der Waals surface area contributed by atoms with Crippen LogP contribution in [0.15, 0.2) is 12.2 Å². The van der Waals surface area contributed by atoms with Crippen LogP contribution >= 0.6 is 0 Å². The van der Waals surface area contributed by atoms with Gasteiger partial charge in [0.2, 0.25) is 0 Å². The summed E-state index contributed by atoms with van der Waals surface area (Å²) in [5, 5.41) is 0. The SMILES string of the molecule is FC(F)(F)C1C=CCCC1.[W]. The van der Waals surface area contributed by atoms with Crippen LogP contribution in [0.4, 0.5) is 13.2 Å². The summed E-state index contributed by atoms with van der Waals surface area (Å²) < 4.78 is 35.7. The van der Waals surface area contributed by atoms with Crippen molar-refractivity contribution >= 4 is 0 Å². The average molecular weight is 334 g/mol. The summed E-state index contributed by atoms with van der Waals surface area (Å²) in [4.78, 5) is 0. The molecule has 0 N–H and O–H groups in total. The summed E-state index contributed by atoms with van der Waals surface area (Å²) in [6.45, 7) is 0. The van der Waals surface area contributed by atoms with E-state index in [4.69, 9.17) is 0 Å². The molecular formula is C7H9F3W. The van der Waals surface area contributed by atoms with Gasteiger partial charge in [0.15, 0.2) is 0 Å². The van der Waals surface area contributed by atoms with Gasteiger partial charge < -0.3 is 0 Å². The standard InChI is InChI=1S/C7H9F3.W/c8-7(9,10)6-4-2-1-3-5-6;/h2,4,6H,1,3,5H2;. The minimum atomic E-state index is -4.02. The molecule has 1 atom stereocenters. The van der Waals surface area contributed by atoms with Crippen molar-refractivity contribution in [2.45, 2.75) is 25.4 Å². The molecule has 0 heterocycles. The van der Waals surface area contributed by atoms with Crippen LogP contribution in [0.25, 0.3) is 0 Å². The fraction of sp³-hybridized carbons (Fsp3) is 0.714. The van der Waals surface area contributed by atoms with E-state index in [2.05, 4.69) is 0 Å². The molecule has 0 aromatic rings. The molecule has 0 radical (unpaired) electrons. The van der Waals surface area contributed by atoms with Crippen molar-refractivity contribution in [1.29, 1.82) is 0 Å². The van der Waals surface area contributed by atoms with Gasteiger partial charge >= 0.3 is 6.18 Å².